The van der Waals surface area contributed by atoms with E-state index < -0.39 is 82.0 Å². The Morgan fingerprint density at radius 2 is 2.04 bits per heavy atom. The Kier molecular flexibility index (Phi) is 5.40. The summed E-state index contributed by atoms with van der Waals surface area (Å²) in [5.41, 5.74) is 0. The van der Waals surface area contributed by atoms with Gasteiger partial charge in [0, 0.05) is 6.42 Å². The number of hydrogen-bond acceptors (Lipinski definition) is 12. The van der Waals surface area contributed by atoms with Gasteiger partial charge in [-0.15, -0.1) is 0 Å². The standard InChI is InChI=1S/C11H12F2O11S2/c12-11(13,25-24-23-16)10(15)19-2-1-6(14)21-7-4-3-5-8(20-4)9(7)26(17,18)22-5/h4-5,7-9,16H,1-3H2/p-1. The summed E-state index contributed by atoms with van der Waals surface area (Å²) in [7, 11) is -3.93. The van der Waals surface area contributed by atoms with Crippen LogP contribution in [-0.4, -0.2) is 61.9 Å². The lowest BCUT2D eigenvalue weighted by atomic mass is 9.95. The molecule has 11 nitrogen and oxygen atoms in total. The van der Waals surface area contributed by atoms with Gasteiger partial charge in [0.2, 0.25) is 0 Å². The van der Waals surface area contributed by atoms with Gasteiger partial charge in [0.25, 0.3) is 10.1 Å². The number of fused-ring (bicyclic) bond motifs is 1. The van der Waals surface area contributed by atoms with Crippen LogP contribution < -0.4 is 5.26 Å². The molecule has 0 radical (unpaired) electrons. The number of alkyl halides is 2. The second-order valence-electron chi connectivity index (χ2n) is 5.54. The maximum absolute atomic E-state index is 13.1. The highest BCUT2D eigenvalue weighted by Crippen LogP contribution is 2.47. The van der Waals surface area contributed by atoms with Crippen molar-refractivity contribution in [1.82, 2.24) is 0 Å². The van der Waals surface area contributed by atoms with Crippen molar-refractivity contribution in [3.8, 4) is 0 Å². The number of carbonyl (C=O) groups is 2. The Labute approximate surface area is 149 Å². The average molecular weight is 421 g/mol. The van der Waals surface area contributed by atoms with Crippen LogP contribution in [0.1, 0.15) is 12.8 Å². The van der Waals surface area contributed by atoms with Crippen LogP contribution in [0.5, 0.6) is 0 Å². The van der Waals surface area contributed by atoms with E-state index in [1.165, 1.54) is 0 Å². The summed E-state index contributed by atoms with van der Waals surface area (Å²) in [6, 6.07) is 0. The summed E-state index contributed by atoms with van der Waals surface area (Å²) >= 11 is -0.868. The van der Waals surface area contributed by atoms with E-state index in [9.17, 15) is 32.0 Å². The van der Waals surface area contributed by atoms with E-state index in [1.807, 2.05) is 0 Å². The SMILES string of the molecule is O=C(CCOC(=O)C(F)(F)SOO[O-])OC1C2CC3OS(=O)(=O)C1C3O2. The molecule has 148 valence electrons. The van der Waals surface area contributed by atoms with Crippen molar-refractivity contribution >= 4 is 34.1 Å². The Bertz CT molecular complexity index is 682. The third-order valence-corrected chi connectivity index (χ3v) is 6.20. The third-order valence-electron chi connectivity index (χ3n) is 3.98. The predicted molar refractivity (Wildman–Crippen MR) is 71.0 cm³/mol. The Morgan fingerprint density at radius 1 is 1.31 bits per heavy atom. The molecule has 3 heterocycles. The van der Waals surface area contributed by atoms with Crippen LogP contribution in [0.15, 0.2) is 0 Å². The molecule has 0 aromatic rings. The first-order valence-electron chi connectivity index (χ1n) is 7.12. The molecule has 26 heavy (non-hydrogen) atoms. The van der Waals surface area contributed by atoms with Crippen molar-refractivity contribution in [2.45, 2.75) is 47.8 Å². The molecule has 0 aromatic heterocycles. The lowest BCUT2D eigenvalue weighted by molar-refractivity contribution is -0.777. The van der Waals surface area contributed by atoms with Gasteiger partial charge in [0.1, 0.15) is 37.0 Å². The number of halogens is 2. The van der Waals surface area contributed by atoms with Crippen molar-refractivity contribution in [1.29, 1.82) is 0 Å². The Balaban J connectivity index is 1.46. The van der Waals surface area contributed by atoms with Crippen molar-refractivity contribution in [3.05, 3.63) is 0 Å². The van der Waals surface area contributed by atoms with Gasteiger partial charge in [0.15, 0.2) is 5.25 Å². The van der Waals surface area contributed by atoms with Crippen molar-refractivity contribution < 1.29 is 59.8 Å². The van der Waals surface area contributed by atoms with Crippen LogP contribution in [0.2, 0.25) is 0 Å². The van der Waals surface area contributed by atoms with Crippen molar-refractivity contribution in [2.75, 3.05) is 6.61 Å². The molecule has 0 aliphatic carbocycles. The lowest BCUT2D eigenvalue weighted by Crippen LogP contribution is -2.43. The normalized spacial score (nSPS) is 34.0. The molecule has 0 amide bonds. The minimum Gasteiger partial charge on any atom is -0.691 e. The quantitative estimate of drug-likeness (QED) is 0.149. The highest BCUT2D eigenvalue weighted by Gasteiger charge is 2.67. The summed E-state index contributed by atoms with van der Waals surface area (Å²) in [4.78, 5) is 22.9. The van der Waals surface area contributed by atoms with E-state index >= 15 is 0 Å². The molecule has 0 N–H and O–H groups in total. The van der Waals surface area contributed by atoms with Crippen LogP contribution in [-0.2, 0) is 47.5 Å². The molecule has 3 saturated heterocycles. The number of esters is 2. The van der Waals surface area contributed by atoms with Crippen LogP contribution in [0.3, 0.4) is 0 Å². The summed E-state index contributed by atoms with van der Waals surface area (Å²) < 4.78 is 72.8. The molecule has 2 bridgehead atoms. The van der Waals surface area contributed by atoms with Crippen LogP contribution in [0.4, 0.5) is 8.78 Å². The van der Waals surface area contributed by atoms with Crippen LogP contribution in [0.25, 0.3) is 0 Å². The van der Waals surface area contributed by atoms with E-state index in [-0.39, 0.29) is 6.42 Å². The number of carbonyl (C=O) groups excluding carboxylic acids is 2. The molecule has 5 unspecified atom stereocenters. The molecular formula is C11H11F2O11S2-. The van der Waals surface area contributed by atoms with Crippen LogP contribution >= 0.6 is 12.0 Å². The van der Waals surface area contributed by atoms with E-state index in [2.05, 4.69) is 14.1 Å². The minimum absolute atomic E-state index is 0.249. The number of ether oxygens (including phenoxy) is 3. The first-order valence-corrected chi connectivity index (χ1v) is 9.33. The van der Waals surface area contributed by atoms with Gasteiger partial charge in [-0.05, 0) is 0 Å². The van der Waals surface area contributed by atoms with Gasteiger partial charge in [-0.25, -0.2) is 4.79 Å². The molecule has 3 rings (SSSR count). The lowest BCUT2D eigenvalue weighted by Gasteiger charge is -2.21. The maximum Gasteiger partial charge on any atom is 0.415 e. The molecule has 3 aliphatic rings. The summed E-state index contributed by atoms with van der Waals surface area (Å²) in [6.07, 6.45) is -3.37. The van der Waals surface area contributed by atoms with Gasteiger partial charge in [-0.2, -0.15) is 21.5 Å². The molecule has 0 aromatic carbocycles. The topological polar surface area (TPSA) is 147 Å². The fourth-order valence-electron chi connectivity index (χ4n) is 3.02. The molecular weight excluding hydrogens is 410 g/mol. The van der Waals surface area contributed by atoms with Gasteiger partial charge in [-0.1, -0.05) is 0 Å². The van der Waals surface area contributed by atoms with E-state index in [4.69, 9.17) is 13.7 Å². The second kappa shape index (κ2) is 7.14. The zero-order valence-corrected chi connectivity index (χ0v) is 14.2. The predicted octanol–water partition coefficient (Wildman–Crippen LogP) is -1.44. The Morgan fingerprint density at radius 3 is 2.73 bits per heavy atom. The largest absolute Gasteiger partial charge is 0.691 e. The maximum atomic E-state index is 13.1. The van der Waals surface area contributed by atoms with Crippen LogP contribution in [0, 0.1) is 0 Å². The van der Waals surface area contributed by atoms with Gasteiger partial charge in [0.05, 0.1) is 12.5 Å². The summed E-state index contributed by atoms with van der Waals surface area (Å²) in [6.45, 7) is -0.760. The van der Waals surface area contributed by atoms with Gasteiger partial charge in [-0.3, -0.25) is 14.0 Å². The Hall–Kier alpha value is -1.10. The minimum atomic E-state index is -4.23. The summed E-state index contributed by atoms with van der Waals surface area (Å²) in [5.74, 6) is -3.03. The highest BCUT2D eigenvalue weighted by molar-refractivity contribution is 7.96. The third kappa shape index (κ3) is 3.64. The molecule has 5 atom stereocenters. The first-order chi connectivity index (χ1) is 12.2. The van der Waals surface area contributed by atoms with Gasteiger partial charge >= 0.3 is 17.2 Å². The zero-order chi connectivity index (χ0) is 19.1. The molecule has 3 aliphatic heterocycles. The monoisotopic (exact) mass is 421 g/mol. The molecule has 3 fully saturated rings. The smallest absolute Gasteiger partial charge is 0.415 e. The average Bonchev–Trinajstić information content (AvgIpc) is 3.14. The molecule has 0 spiro atoms. The summed E-state index contributed by atoms with van der Waals surface area (Å²) in [5, 5.41) is 6.80. The number of hydrogen-bond donors (Lipinski definition) is 0. The van der Waals surface area contributed by atoms with Crippen molar-refractivity contribution in [3.63, 3.8) is 0 Å². The number of rotatable bonds is 8. The first kappa shape index (κ1) is 19.7. The van der Waals surface area contributed by atoms with E-state index in [0.717, 1.165) is 0 Å². The molecule has 15 heteroatoms. The highest BCUT2D eigenvalue weighted by atomic mass is 32.2. The fraction of sp³-hybridized carbons (Fsp3) is 0.818. The fourth-order valence-corrected chi connectivity index (χ4v) is 5.05. The molecule has 0 saturated carbocycles. The van der Waals surface area contributed by atoms with Crippen molar-refractivity contribution in [2.24, 2.45) is 0 Å². The van der Waals surface area contributed by atoms with Gasteiger partial charge < -0.3 is 19.5 Å². The van der Waals surface area contributed by atoms with E-state index in [0.29, 0.717) is 0 Å². The second-order valence-corrected chi connectivity index (χ2v) is 8.08. The van der Waals surface area contributed by atoms with E-state index in [1.54, 1.807) is 0 Å². The zero-order valence-electron chi connectivity index (χ0n) is 12.6.